The Bertz CT molecular complexity index is 1320. The lowest BCUT2D eigenvalue weighted by Gasteiger charge is -2.24. The fourth-order valence-corrected chi connectivity index (χ4v) is 4.52. The van der Waals surface area contributed by atoms with E-state index in [0.29, 0.717) is 25.3 Å². The van der Waals surface area contributed by atoms with Crippen LogP contribution in [0.15, 0.2) is 77.7 Å². The van der Waals surface area contributed by atoms with Crippen molar-refractivity contribution in [1.82, 2.24) is 9.88 Å². The molecule has 180 valence electrons. The average Bonchev–Trinajstić information content (AvgIpc) is 2.90. The van der Waals surface area contributed by atoms with Gasteiger partial charge in [-0.25, -0.2) is 4.98 Å². The normalized spacial score (nSPS) is 11.0. The van der Waals surface area contributed by atoms with Gasteiger partial charge in [-0.05, 0) is 66.8 Å². The largest absolute Gasteiger partial charge is 0.497 e. The van der Waals surface area contributed by atoms with E-state index in [-0.39, 0.29) is 5.91 Å². The van der Waals surface area contributed by atoms with Crippen molar-refractivity contribution in [3.8, 4) is 17.0 Å². The van der Waals surface area contributed by atoms with Crippen molar-refractivity contribution >= 4 is 28.6 Å². The maximum Gasteiger partial charge on any atom is 0.254 e. The van der Waals surface area contributed by atoms with Crippen molar-refractivity contribution < 1.29 is 14.3 Å². The van der Waals surface area contributed by atoms with Gasteiger partial charge in [0.05, 0.1) is 24.9 Å². The van der Waals surface area contributed by atoms with Gasteiger partial charge in [-0.3, -0.25) is 4.79 Å². The van der Waals surface area contributed by atoms with Crippen LogP contribution in [0.2, 0.25) is 0 Å². The highest BCUT2D eigenvalue weighted by molar-refractivity contribution is 7.98. The molecule has 1 aromatic heterocycles. The zero-order chi connectivity index (χ0) is 24.8. The van der Waals surface area contributed by atoms with E-state index >= 15 is 0 Å². The third-order valence-corrected chi connectivity index (χ3v) is 6.78. The van der Waals surface area contributed by atoms with Gasteiger partial charge in [0, 0.05) is 41.6 Å². The lowest BCUT2D eigenvalue weighted by molar-refractivity contribution is 0.0680. The third kappa shape index (κ3) is 5.66. The van der Waals surface area contributed by atoms with E-state index in [0.717, 1.165) is 39.0 Å². The van der Waals surface area contributed by atoms with E-state index < -0.39 is 0 Å². The second kappa shape index (κ2) is 11.4. The van der Waals surface area contributed by atoms with Crippen LogP contribution in [0.1, 0.15) is 21.5 Å². The number of aryl methyl sites for hydroxylation is 1. The number of carbonyl (C=O) groups excluding carboxylic acids is 1. The van der Waals surface area contributed by atoms with E-state index in [1.807, 2.05) is 17.0 Å². The topological polar surface area (TPSA) is 51.7 Å². The molecular weight excluding hydrogens is 456 g/mol. The number of fused-ring (bicyclic) bond motifs is 1. The number of benzene rings is 3. The number of aromatic nitrogens is 1. The molecule has 5 nitrogen and oxygen atoms in total. The summed E-state index contributed by atoms with van der Waals surface area (Å²) in [6, 6.07) is 23.9. The molecule has 0 aliphatic heterocycles. The summed E-state index contributed by atoms with van der Waals surface area (Å²) in [5.41, 5.74) is 5.68. The number of amides is 1. The van der Waals surface area contributed by atoms with Gasteiger partial charge in [-0.1, -0.05) is 30.3 Å². The Labute approximate surface area is 211 Å². The Morgan fingerprint density at radius 1 is 1.00 bits per heavy atom. The summed E-state index contributed by atoms with van der Waals surface area (Å²) in [6.45, 7) is 3.43. The molecule has 0 N–H and O–H groups in total. The molecule has 0 spiro atoms. The van der Waals surface area contributed by atoms with E-state index in [4.69, 9.17) is 14.5 Å². The molecule has 35 heavy (non-hydrogen) atoms. The summed E-state index contributed by atoms with van der Waals surface area (Å²) in [5, 5.41) is 1.05. The Hall–Kier alpha value is -3.35. The first kappa shape index (κ1) is 24.8. The van der Waals surface area contributed by atoms with Crippen LogP contribution >= 0.6 is 11.8 Å². The predicted octanol–water partition coefficient (Wildman–Crippen LogP) is 6.23. The molecule has 0 bridgehead atoms. The fraction of sp³-hybridized carbons (Fsp3) is 0.241. The molecule has 4 rings (SSSR count). The third-order valence-electron chi connectivity index (χ3n) is 6.05. The quantitative estimate of drug-likeness (QED) is 0.263. The molecule has 0 aliphatic carbocycles. The highest BCUT2D eigenvalue weighted by Crippen LogP contribution is 2.31. The molecule has 0 radical (unpaired) electrons. The number of hydrogen-bond donors (Lipinski definition) is 0. The van der Waals surface area contributed by atoms with Gasteiger partial charge in [0.15, 0.2) is 0 Å². The van der Waals surface area contributed by atoms with Crippen molar-refractivity contribution in [3.63, 3.8) is 0 Å². The van der Waals surface area contributed by atoms with E-state index in [1.165, 1.54) is 4.90 Å². The predicted molar refractivity (Wildman–Crippen MR) is 143 cm³/mol. The maximum absolute atomic E-state index is 13.5. The first-order valence-electron chi connectivity index (χ1n) is 11.5. The minimum Gasteiger partial charge on any atom is -0.497 e. The first-order chi connectivity index (χ1) is 17.0. The van der Waals surface area contributed by atoms with E-state index in [9.17, 15) is 4.79 Å². The Morgan fingerprint density at radius 3 is 2.46 bits per heavy atom. The van der Waals surface area contributed by atoms with Crippen LogP contribution in [0, 0.1) is 6.92 Å². The molecule has 3 aromatic carbocycles. The zero-order valence-corrected chi connectivity index (χ0v) is 21.4. The second-order valence-corrected chi connectivity index (χ2v) is 9.20. The van der Waals surface area contributed by atoms with Crippen molar-refractivity contribution in [2.75, 3.05) is 33.6 Å². The Kier molecular flexibility index (Phi) is 8.06. The molecule has 0 unspecified atom stereocenters. The smallest absolute Gasteiger partial charge is 0.254 e. The van der Waals surface area contributed by atoms with Crippen LogP contribution < -0.4 is 4.74 Å². The van der Waals surface area contributed by atoms with Crippen LogP contribution in [-0.2, 0) is 11.3 Å². The number of carbonyl (C=O) groups is 1. The summed E-state index contributed by atoms with van der Waals surface area (Å²) in [5.74, 6) is 0.661. The van der Waals surface area contributed by atoms with E-state index in [2.05, 4.69) is 49.6 Å². The maximum atomic E-state index is 13.5. The number of rotatable bonds is 9. The molecule has 0 saturated heterocycles. The van der Waals surface area contributed by atoms with Gasteiger partial charge in [0.25, 0.3) is 5.91 Å². The van der Waals surface area contributed by atoms with Crippen LogP contribution in [0.5, 0.6) is 5.75 Å². The standard InChI is InChI=1S/C29H30N2O3S/c1-20-7-5-6-8-26(20)28-23(17-22-11-14-25(35-4)18-27(22)30-28)19-31(15-16-33-2)29(32)21-9-12-24(34-3)13-10-21/h5-14,17-18H,15-16,19H2,1-4H3. The van der Waals surface area contributed by atoms with Gasteiger partial charge < -0.3 is 14.4 Å². The van der Waals surface area contributed by atoms with Gasteiger partial charge in [-0.2, -0.15) is 0 Å². The van der Waals surface area contributed by atoms with Crippen molar-refractivity contribution in [3.05, 3.63) is 89.5 Å². The zero-order valence-electron chi connectivity index (χ0n) is 20.6. The van der Waals surface area contributed by atoms with E-state index in [1.54, 1.807) is 50.2 Å². The van der Waals surface area contributed by atoms with Crippen LogP contribution in [0.3, 0.4) is 0 Å². The minimum atomic E-state index is -0.0572. The molecule has 0 fully saturated rings. The number of pyridine rings is 1. The number of methoxy groups -OCH3 is 2. The van der Waals surface area contributed by atoms with Gasteiger partial charge in [0.1, 0.15) is 5.75 Å². The molecule has 0 saturated carbocycles. The van der Waals surface area contributed by atoms with Crippen molar-refractivity contribution in [2.24, 2.45) is 0 Å². The minimum absolute atomic E-state index is 0.0572. The summed E-state index contributed by atoms with van der Waals surface area (Å²) in [6.07, 6.45) is 2.07. The first-order valence-corrected chi connectivity index (χ1v) is 12.7. The summed E-state index contributed by atoms with van der Waals surface area (Å²) in [4.78, 5) is 21.6. The molecule has 1 amide bonds. The Morgan fingerprint density at radius 2 is 1.77 bits per heavy atom. The number of thioether (sulfide) groups is 1. The van der Waals surface area contributed by atoms with Crippen LogP contribution in [0.25, 0.3) is 22.2 Å². The number of ether oxygens (including phenoxy) is 2. The SMILES string of the molecule is COCCN(Cc1cc2ccc(SC)cc2nc1-c1ccccc1C)C(=O)c1ccc(OC)cc1. The van der Waals surface area contributed by atoms with Crippen LogP contribution in [-0.4, -0.2) is 49.4 Å². The lowest BCUT2D eigenvalue weighted by atomic mass is 9.99. The second-order valence-electron chi connectivity index (χ2n) is 8.32. The molecule has 1 heterocycles. The number of nitrogens with zero attached hydrogens (tertiary/aromatic N) is 2. The highest BCUT2D eigenvalue weighted by atomic mass is 32.2. The Balaban J connectivity index is 1.79. The highest BCUT2D eigenvalue weighted by Gasteiger charge is 2.20. The summed E-state index contributed by atoms with van der Waals surface area (Å²) < 4.78 is 10.6. The molecule has 4 aromatic rings. The molecule has 6 heteroatoms. The average molecular weight is 487 g/mol. The van der Waals surface area contributed by atoms with Gasteiger partial charge >= 0.3 is 0 Å². The van der Waals surface area contributed by atoms with Crippen LogP contribution in [0.4, 0.5) is 0 Å². The monoisotopic (exact) mass is 486 g/mol. The molecule has 0 aliphatic rings. The van der Waals surface area contributed by atoms with Gasteiger partial charge in [-0.15, -0.1) is 11.8 Å². The van der Waals surface area contributed by atoms with Crippen molar-refractivity contribution in [2.45, 2.75) is 18.4 Å². The van der Waals surface area contributed by atoms with Gasteiger partial charge in [0.2, 0.25) is 0 Å². The molecule has 0 atom stereocenters. The summed E-state index contributed by atoms with van der Waals surface area (Å²) >= 11 is 1.70. The number of hydrogen-bond acceptors (Lipinski definition) is 5. The molecular formula is C29H30N2O3S. The fourth-order valence-electron chi connectivity index (χ4n) is 4.09. The summed E-state index contributed by atoms with van der Waals surface area (Å²) in [7, 11) is 3.26. The van der Waals surface area contributed by atoms with Crippen molar-refractivity contribution in [1.29, 1.82) is 0 Å². The lowest BCUT2D eigenvalue weighted by Crippen LogP contribution is -2.33.